The molecule has 1 aliphatic heterocycles. The molecule has 0 spiro atoms. The van der Waals surface area contributed by atoms with Crippen LogP contribution in [0.15, 0.2) is 29.6 Å². The van der Waals surface area contributed by atoms with Gasteiger partial charge >= 0.3 is 0 Å². The summed E-state index contributed by atoms with van der Waals surface area (Å²) in [5, 5.41) is 6.13. The Bertz CT molecular complexity index is 635. The van der Waals surface area contributed by atoms with Crippen LogP contribution in [0.1, 0.15) is 35.3 Å². The number of rotatable bonds is 4. The van der Waals surface area contributed by atoms with Gasteiger partial charge in [-0.25, -0.2) is 4.98 Å². The molecule has 3 rings (SSSR count). The maximum Gasteiger partial charge on any atom is 0.257 e. The number of hydrogen-bond donors (Lipinski definition) is 1. The molecule has 1 saturated heterocycles. The lowest BCUT2D eigenvalue weighted by molar-refractivity contribution is 0.102. The first-order valence-corrected chi connectivity index (χ1v) is 8.70. The first kappa shape index (κ1) is 15.5. The molecule has 0 aliphatic carbocycles. The molecule has 2 heterocycles. The molecule has 1 aromatic carbocycles. The van der Waals surface area contributed by atoms with Gasteiger partial charge in [0.05, 0.1) is 5.69 Å². The highest BCUT2D eigenvalue weighted by Gasteiger charge is 2.13. The number of halogens is 1. The molecular formula is C16H18ClN3OS. The van der Waals surface area contributed by atoms with Gasteiger partial charge in [-0.05, 0) is 50.2 Å². The second kappa shape index (κ2) is 7.22. The van der Waals surface area contributed by atoms with Gasteiger partial charge in [0.15, 0.2) is 5.13 Å². The summed E-state index contributed by atoms with van der Waals surface area (Å²) < 4.78 is 0. The van der Waals surface area contributed by atoms with Crippen LogP contribution in [0.3, 0.4) is 0 Å². The van der Waals surface area contributed by atoms with E-state index in [0.29, 0.717) is 15.7 Å². The molecule has 4 nitrogen and oxygen atoms in total. The lowest BCUT2D eigenvalue weighted by Crippen LogP contribution is -2.29. The number of carbonyl (C=O) groups excluding carboxylic acids is 1. The zero-order valence-electron chi connectivity index (χ0n) is 12.2. The fraction of sp³-hybridized carbons (Fsp3) is 0.375. The second-order valence-electron chi connectivity index (χ2n) is 5.44. The highest BCUT2D eigenvalue weighted by molar-refractivity contribution is 7.13. The van der Waals surface area contributed by atoms with Crippen molar-refractivity contribution in [3.63, 3.8) is 0 Å². The number of nitrogens with zero attached hydrogens (tertiary/aromatic N) is 2. The van der Waals surface area contributed by atoms with Gasteiger partial charge in [0.25, 0.3) is 5.91 Å². The van der Waals surface area contributed by atoms with Gasteiger partial charge in [-0.15, -0.1) is 11.3 Å². The molecular weight excluding hydrogens is 318 g/mol. The third-order valence-corrected chi connectivity index (χ3v) is 4.77. The van der Waals surface area contributed by atoms with Crippen molar-refractivity contribution in [3.05, 3.63) is 45.9 Å². The van der Waals surface area contributed by atoms with Crippen molar-refractivity contribution in [1.82, 2.24) is 9.88 Å². The Kier molecular flexibility index (Phi) is 5.08. The van der Waals surface area contributed by atoms with Crippen molar-refractivity contribution in [2.24, 2.45) is 0 Å². The SMILES string of the molecule is O=C(Nc1nc(CN2CCCCC2)cs1)c1ccc(Cl)cc1. The molecule has 1 N–H and O–H groups in total. The summed E-state index contributed by atoms with van der Waals surface area (Å²) in [6.07, 6.45) is 3.87. The standard InChI is InChI=1S/C16H18ClN3OS/c17-13-6-4-12(5-7-13)15(21)19-16-18-14(11-22-16)10-20-8-2-1-3-9-20/h4-7,11H,1-3,8-10H2,(H,18,19,21). The lowest BCUT2D eigenvalue weighted by Gasteiger charge is -2.25. The highest BCUT2D eigenvalue weighted by Crippen LogP contribution is 2.20. The highest BCUT2D eigenvalue weighted by atomic mass is 35.5. The Morgan fingerprint density at radius 1 is 1.23 bits per heavy atom. The maximum atomic E-state index is 12.1. The Hall–Kier alpha value is -1.43. The summed E-state index contributed by atoms with van der Waals surface area (Å²) in [4.78, 5) is 19.1. The topological polar surface area (TPSA) is 45.2 Å². The molecule has 1 amide bonds. The average molecular weight is 336 g/mol. The quantitative estimate of drug-likeness (QED) is 0.917. The number of likely N-dealkylation sites (tertiary alicyclic amines) is 1. The first-order chi connectivity index (χ1) is 10.7. The van der Waals surface area contributed by atoms with Crippen LogP contribution in [-0.4, -0.2) is 28.9 Å². The van der Waals surface area contributed by atoms with Gasteiger partial charge in [0, 0.05) is 22.5 Å². The number of benzene rings is 1. The number of nitrogens with one attached hydrogen (secondary N) is 1. The van der Waals surface area contributed by atoms with Crippen molar-refractivity contribution < 1.29 is 4.79 Å². The Morgan fingerprint density at radius 3 is 2.68 bits per heavy atom. The van der Waals surface area contributed by atoms with E-state index in [0.717, 1.165) is 25.3 Å². The number of amides is 1. The van der Waals surface area contributed by atoms with E-state index in [4.69, 9.17) is 11.6 Å². The van der Waals surface area contributed by atoms with Gasteiger partial charge in [-0.1, -0.05) is 18.0 Å². The first-order valence-electron chi connectivity index (χ1n) is 7.44. The summed E-state index contributed by atoms with van der Waals surface area (Å²) in [7, 11) is 0. The Morgan fingerprint density at radius 2 is 1.95 bits per heavy atom. The van der Waals surface area contributed by atoms with E-state index < -0.39 is 0 Å². The van der Waals surface area contributed by atoms with Gasteiger partial charge in [-0.2, -0.15) is 0 Å². The van der Waals surface area contributed by atoms with Gasteiger partial charge < -0.3 is 0 Å². The number of piperidine rings is 1. The van der Waals surface area contributed by atoms with Crippen LogP contribution in [0.4, 0.5) is 5.13 Å². The largest absolute Gasteiger partial charge is 0.298 e. The molecule has 2 aromatic rings. The Labute approximate surface area is 139 Å². The predicted octanol–water partition coefficient (Wildman–Crippen LogP) is 4.03. The van der Waals surface area contributed by atoms with Crippen LogP contribution in [0.5, 0.6) is 0 Å². The minimum absolute atomic E-state index is 0.157. The molecule has 1 aromatic heterocycles. The van der Waals surface area contributed by atoms with E-state index in [1.165, 1.54) is 30.6 Å². The van der Waals surface area contributed by atoms with Crippen molar-refractivity contribution in [3.8, 4) is 0 Å². The van der Waals surface area contributed by atoms with Crippen LogP contribution in [0.2, 0.25) is 5.02 Å². The van der Waals surface area contributed by atoms with Gasteiger partial charge in [-0.3, -0.25) is 15.0 Å². The van der Waals surface area contributed by atoms with E-state index in [1.807, 2.05) is 5.38 Å². The molecule has 116 valence electrons. The smallest absolute Gasteiger partial charge is 0.257 e. The minimum atomic E-state index is -0.157. The van der Waals surface area contributed by atoms with Crippen LogP contribution in [0, 0.1) is 0 Å². The summed E-state index contributed by atoms with van der Waals surface area (Å²) in [6, 6.07) is 6.83. The summed E-state index contributed by atoms with van der Waals surface area (Å²) >= 11 is 7.29. The molecule has 0 unspecified atom stereocenters. The van der Waals surface area contributed by atoms with E-state index in [1.54, 1.807) is 24.3 Å². The fourth-order valence-electron chi connectivity index (χ4n) is 2.55. The monoisotopic (exact) mass is 335 g/mol. The molecule has 22 heavy (non-hydrogen) atoms. The third-order valence-electron chi connectivity index (χ3n) is 3.71. The van der Waals surface area contributed by atoms with Crippen molar-refractivity contribution in [2.45, 2.75) is 25.8 Å². The molecule has 1 fully saturated rings. The van der Waals surface area contributed by atoms with Crippen LogP contribution >= 0.6 is 22.9 Å². The molecule has 0 saturated carbocycles. The van der Waals surface area contributed by atoms with Crippen LogP contribution < -0.4 is 5.32 Å². The normalized spacial score (nSPS) is 15.7. The van der Waals surface area contributed by atoms with Gasteiger partial charge in [0.1, 0.15) is 0 Å². The minimum Gasteiger partial charge on any atom is -0.298 e. The summed E-state index contributed by atoms with van der Waals surface area (Å²) in [5.41, 5.74) is 1.61. The zero-order chi connectivity index (χ0) is 15.4. The van der Waals surface area contributed by atoms with E-state index in [-0.39, 0.29) is 5.91 Å². The van der Waals surface area contributed by atoms with Crippen molar-refractivity contribution in [1.29, 1.82) is 0 Å². The number of aromatic nitrogens is 1. The molecule has 0 bridgehead atoms. The maximum absolute atomic E-state index is 12.1. The lowest BCUT2D eigenvalue weighted by atomic mass is 10.1. The van der Waals surface area contributed by atoms with Crippen molar-refractivity contribution >= 4 is 34.0 Å². The Balaban J connectivity index is 1.58. The van der Waals surface area contributed by atoms with E-state index >= 15 is 0 Å². The average Bonchev–Trinajstić information content (AvgIpc) is 2.96. The van der Waals surface area contributed by atoms with Crippen LogP contribution in [0.25, 0.3) is 0 Å². The summed E-state index contributed by atoms with van der Waals surface area (Å²) in [5.74, 6) is -0.157. The fourth-order valence-corrected chi connectivity index (χ4v) is 3.38. The van der Waals surface area contributed by atoms with E-state index in [2.05, 4.69) is 15.2 Å². The van der Waals surface area contributed by atoms with E-state index in [9.17, 15) is 4.79 Å². The number of thiazole rings is 1. The number of anilines is 1. The molecule has 0 atom stereocenters. The second-order valence-corrected chi connectivity index (χ2v) is 6.74. The zero-order valence-corrected chi connectivity index (χ0v) is 13.8. The predicted molar refractivity (Wildman–Crippen MR) is 90.6 cm³/mol. The third kappa shape index (κ3) is 4.06. The van der Waals surface area contributed by atoms with Crippen molar-refractivity contribution in [2.75, 3.05) is 18.4 Å². The molecule has 1 aliphatic rings. The molecule has 0 radical (unpaired) electrons. The van der Waals surface area contributed by atoms with Gasteiger partial charge in [0.2, 0.25) is 0 Å². The van der Waals surface area contributed by atoms with Crippen LogP contribution in [-0.2, 0) is 6.54 Å². The number of carbonyl (C=O) groups is 1. The summed E-state index contributed by atoms with van der Waals surface area (Å²) in [6.45, 7) is 3.15. The number of hydrogen-bond acceptors (Lipinski definition) is 4. The molecule has 6 heteroatoms.